The van der Waals surface area contributed by atoms with Gasteiger partial charge in [0.1, 0.15) is 10.4 Å². The molecule has 0 spiro atoms. The number of pyridine rings is 1. The van der Waals surface area contributed by atoms with Crippen molar-refractivity contribution in [2.24, 2.45) is 0 Å². The van der Waals surface area contributed by atoms with Gasteiger partial charge in [0, 0.05) is 16.1 Å². The van der Waals surface area contributed by atoms with E-state index in [-0.39, 0.29) is 17.8 Å². The van der Waals surface area contributed by atoms with Gasteiger partial charge in [0.15, 0.2) is 0 Å². The van der Waals surface area contributed by atoms with Crippen molar-refractivity contribution in [2.45, 2.75) is 19.4 Å². The summed E-state index contributed by atoms with van der Waals surface area (Å²) in [4.78, 5) is 17.4. The Hall–Kier alpha value is -2.58. The van der Waals surface area contributed by atoms with Crippen molar-refractivity contribution < 1.29 is 9.18 Å². The number of halogens is 3. The first kappa shape index (κ1) is 20.7. The van der Waals surface area contributed by atoms with Gasteiger partial charge in [-0.05, 0) is 70.4 Å². The van der Waals surface area contributed by atoms with E-state index in [9.17, 15) is 9.18 Å². The second-order valence-electron chi connectivity index (χ2n) is 6.77. The number of amides is 1. The third-order valence-corrected chi connectivity index (χ3v) is 5.76. The van der Waals surface area contributed by atoms with Gasteiger partial charge in [0.2, 0.25) is 0 Å². The van der Waals surface area contributed by atoms with E-state index in [0.717, 1.165) is 26.6 Å². The summed E-state index contributed by atoms with van der Waals surface area (Å²) in [5.41, 5.74) is 2.90. The third-order valence-electron chi connectivity index (χ3n) is 4.84. The average Bonchev–Trinajstić information content (AvgIpc) is 3.16. The van der Waals surface area contributed by atoms with Crippen molar-refractivity contribution in [2.75, 3.05) is 0 Å². The zero-order valence-electron chi connectivity index (χ0n) is 15.9. The van der Waals surface area contributed by atoms with E-state index >= 15 is 0 Å². The van der Waals surface area contributed by atoms with Gasteiger partial charge in [-0.1, -0.05) is 28.9 Å². The molecule has 1 atom stereocenters. The lowest BCUT2D eigenvalue weighted by atomic mass is 10.0. The number of carbonyl (C=O) groups is 1. The minimum Gasteiger partial charge on any atom is -0.345 e. The fourth-order valence-corrected chi connectivity index (χ4v) is 4.00. The van der Waals surface area contributed by atoms with Crippen LogP contribution in [0.15, 0.2) is 70.0 Å². The minimum atomic E-state index is -0.315. The van der Waals surface area contributed by atoms with Crippen LogP contribution in [-0.2, 0) is 0 Å². The molecular formula is C22H17Br2FN4O. The van der Waals surface area contributed by atoms with E-state index in [1.807, 2.05) is 25.1 Å². The van der Waals surface area contributed by atoms with Crippen LogP contribution >= 0.6 is 31.9 Å². The van der Waals surface area contributed by atoms with E-state index in [2.05, 4.69) is 47.3 Å². The summed E-state index contributed by atoms with van der Waals surface area (Å²) in [6, 6.07) is 13.4. The summed E-state index contributed by atoms with van der Waals surface area (Å²) in [5, 5.41) is 8.23. The Labute approximate surface area is 189 Å². The van der Waals surface area contributed by atoms with Crippen molar-refractivity contribution in [3.8, 4) is 5.69 Å². The molecule has 1 N–H and O–H groups in total. The lowest BCUT2D eigenvalue weighted by molar-refractivity contribution is 0.0937. The fraction of sp³-hybridized carbons (Fsp3) is 0.136. The maximum absolute atomic E-state index is 13.3. The molecule has 2 aromatic carbocycles. The number of hydrogen-bond acceptors (Lipinski definition) is 3. The SMILES string of the molecule is CCC(NC(=O)c1cc(Br)cc2c1cnn2-c1ccc(F)cc1)c1ccc(Br)nc1. The number of hydrogen-bond donors (Lipinski definition) is 1. The Morgan fingerprint density at radius 3 is 2.57 bits per heavy atom. The molecule has 0 saturated carbocycles. The van der Waals surface area contributed by atoms with Crippen molar-refractivity contribution >= 4 is 48.7 Å². The van der Waals surface area contributed by atoms with Crippen molar-refractivity contribution in [3.05, 3.63) is 86.9 Å². The molecule has 1 unspecified atom stereocenters. The van der Waals surface area contributed by atoms with Gasteiger partial charge >= 0.3 is 0 Å². The summed E-state index contributed by atoms with van der Waals surface area (Å²) in [7, 11) is 0. The van der Waals surface area contributed by atoms with E-state index in [1.165, 1.54) is 12.1 Å². The topological polar surface area (TPSA) is 59.8 Å². The zero-order chi connectivity index (χ0) is 21.3. The highest BCUT2D eigenvalue weighted by molar-refractivity contribution is 9.10. The van der Waals surface area contributed by atoms with Crippen molar-refractivity contribution in [3.63, 3.8) is 0 Å². The number of nitrogens with zero attached hydrogens (tertiary/aromatic N) is 3. The molecule has 0 bridgehead atoms. The maximum Gasteiger partial charge on any atom is 0.252 e. The summed E-state index contributed by atoms with van der Waals surface area (Å²) in [6.07, 6.45) is 4.13. The van der Waals surface area contributed by atoms with Gasteiger partial charge in [-0.2, -0.15) is 5.10 Å². The zero-order valence-corrected chi connectivity index (χ0v) is 19.1. The average molecular weight is 532 g/mol. The quantitative estimate of drug-likeness (QED) is 0.323. The largest absolute Gasteiger partial charge is 0.345 e. The van der Waals surface area contributed by atoms with Crippen LogP contribution in [0.1, 0.15) is 35.3 Å². The lowest BCUT2D eigenvalue weighted by Gasteiger charge is -2.18. The highest BCUT2D eigenvalue weighted by Gasteiger charge is 2.19. The monoisotopic (exact) mass is 530 g/mol. The van der Waals surface area contributed by atoms with Crippen molar-refractivity contribution in [1.82, 2.24) is 20.1 Å². The van der Waals surface area contributed by atoms with Crippen LogP contribution in [0.25, 0.3) is 16.6 Å². The number of fused-ring (bicyclic) bond motifs is 1. The highest BCUT2D eigenvalue weighted by atomic mass is 79.9. The van der Waals surface area contributed by atoms with E-state index < -0.39 is 0 Å². The summed E-state index contributed by atoms with van der Waals surface area (Å²) in [5.74, 6) is -0.515. The molecule has 4 aromatic rings. The number of carbonyl (C=O) groups excluding carboxylic acids is 1. The molecule has 30 heavy (non-hydrogen) atoms. The molecule has 0 fully saturated rings. The summed E-state index contributed by atoms with van der Waals surface area (Å²) >= 11 is 6.83. The summed E-state index contributed by atoms with van der Waals surface area (Å²) in [6.45, 7) is 2.01. The normalized spacial score (nSPS) is 12.1. The molecule has 0 aliphatic carbocycles. The number of rotatable bonds is 5. The van der Waals surface area contributed by atoms with Crippen LogP contribution in [-0.4, -0.2) is 20.7 Å². The molecule has 4 rings (SSSR count). The number of aromatic nitrogens is 3. The fourth-order valence-electron chi connectivity index (χ4n) is 3.32. The predicted molar refractivity (Wildman–Crippen MR) is 121 cm³/mol. The van der Waals surface area contributed by atoms with Gasteiger partial charge in [0.05, 0.1) is 29.0 Å². The molecule has 0 radical (unpaired) electrons. The Balaban J connectivity index is 1.70. The van der Waals surface area contributed by atoms with Crippen LogP contribution in [0.4, 0.5) is 4.39 Å². The van der Waals surface area contributed by atoms with E-state index in [0.29, 0.717) is 16.6 Å². The molecule has 2 aromatic heterocycles. The van der Waals surface area contributed by atoms with Crippen LogP contribution in [0, 0.1) is 5.82 Å². The first-order valence-corrected chi connectivity index (χ1v) is 10.9. The molecule has 152 valence electrons. The molecule has 1 amide bonds. The second kappa shape index (κ2) is 8.65. The number of nitrogens with one attached hydrogen (secondary N) is 1. The van der Waals surface area contributed by atoms with Gasteiger partial charge in [0.25, 0.3) is 5.91 Å². The Bertz CT molecular complexity index is 1210. The maximum atomic E-state index is 13.3. The molecule has 0 saturated heterocycles. The Morgan fingerprint density at radius 2 is 1.90 bits per heavy atom. The van der Waals surface area contributed by atoms with E-state index in [1.54, 1.807) is 35.3 Å². The molecule has 0 aliphatic rings. The lowest BCUT2D eigenvalue weighted by Crippen LogP contribution is -2.28. The third kappa shape index (κ3) is 4.15. The smallest absolute Gasteiger partial charge is 0.252 e. The standard InChI is InChI=1S/C22H17Br2FN4O/c1-2-19(13-3-8-21(24)26-11-13)28-22(30)17-9-14(23)10-20-18(17)12-27-29(20)16-6-4-15(25)5-7-16/h3-12,19H,2H2,1H3,(H,28,30). The van der Waals surface area contributed by atoms with E-state index in [4.69, 9.17) is 0 Å². The molecule has 5 nitrogen and oxygen atoms in total. The van der Waals surface area contributed by atoms with Crippen LogP contribution in [0.2, 0.25) is 0 Å². The van der Waals surface area contributed by atoms with Crippen LogP contribution in [0.5, 0.6) is 0 Å². The number of benzene rings is 2. The van der Waals surface area contributed by atoms with Crippen molar-refractivity contribution in [1.29, 1.82) is 0 Å². The first-order chi connectivity index (χ1) is 14.5. The molecule has 2 heterocycles. The highest BCUT2D eigenvalue weighted by Crippen LogP contribution is 2.27. The minimum absolute atomic E-state index is 0.167. The molecule has 0 aliphatic heterocycles. The predicted octanol–water partition coefficient (Wildman–Crippen LogP) is 5.97. The van der Waals surface area contributed by atoms with Gasteiger partial charge in [-0.25, -0.2) is 14.1 Å². The first-order valence-electron chi connectivity index (χ1n) is 9.32. The molecule has 8 heteroatoms. The Morgan fingerprint density at radius 1 is 1.13 bits per heavy atom. The van der Waals surface area contributed by atoms with Gasteiger partial charge in [-0.3, -0.25) is 4.79 Å². The van der Waals surface area contributed by atoms with Gasteiger partial charge in [-0.15, -0.1) is 0 Å². The Kier molecular flexibility index (Phi) is 5.97. The summed E-state index contributed by atoms with van der Waals surface area (Å²) < 4.78 is 16.5. The van der Waals surface area contributed by atoms with Crippen LogP contribution < -0.4 is 5.32 Å². The molecular weight excluding hydrogens is 515 g/mol. The second-order valence-corrected chi connectivity index (χ2v) is 8.50. The van der Waals surface area contributed by atoms with Gasteiger partial charge < -0.3 is 5.32 Å². The van der Waals surface area contributed by atoms with Crippen LogP contribution in [0.3, 0.4) is 0 Å².